The first-order chi connectivity index (χ1) is 18.5. The third-order valence-corrected chi connectivity index (χ3v) is 8.11. The fourth-order valence-electron chi connectivity index (χ4n) is 5.92. The van der Waals surface area contributed by atoms with Crippen LogP contribution in [0.25, 0.3) is 0 Å². The van der Waals surface area contributed by atoms with Crippen molar-refractivity contribution >= 4 is 17.5 Å². The lowest BCUT2D eigenvalue weighted by Crippen LogP contribution is -2.47. The number of aliphatic hydroxyl groups excluding tert-OH is 1. The van der Waals surface area contributed by atoms with E-state index in [0.29, 0.717) is 44.7 Å². The minimum Gasteiger partial charge on any atom is -0.489 e. The van der Waals surface area contributed by atoms with E-state index in [-0.39, 0.29) is 36.5 Å². The summed E-state index contributed by atoms with van der Waals surface area (Å²) in [6, 6.07) is 3.63. The quantitative estimate of drug-likeness (QED) is 0.560. The summed E-state index contributed by atoms with van der Waals surface area (Å²) < 4.78 is 52.8. The normalized spacial score (nSPS) is 23.6. The fourth-order valence-corrected chi connectivity index (χ4v) is 6.20. The predicted octanol–water partition coefficient (Wildman–Crippen LogP) is 4.21. The van der Waals surface area contributed by atoms with Gasteiger partial charge in [-0.05, 0) is 45.2 Å². The summed E-state index contributed by atoms with van der Waals surface area (Å²) in [5.41, 5.74) is 1.74. The molecule has 3 atom stereocenters. The van der Waals surface area contributed by atoms with Crippen molar-refractivity contribution in [2.24, 2.45) is 0 Å². The van der Waals surface area contributed by atoms with Crippen LogP contribution in [-0.2, 0) is 35.1 Å². The number of halogens is 4. The molecular weight excluding hydrogens is 537 g/mol. The van der Waals surface area contributed by atoms with Crippen LogP contribution < -0.4 is 4.74 Å². The number of hydrogen-bond donors (Lipinski definition) is 1. The van der Waals surface area contributed by atoms with Gasteiger partial charge in [0.2, 0.25) is 5.91 Å². The molecule has 39 heavy (non-hydrogen) atoms. The standard InChI is InChI=1S/C27H34ClF3N4O4/c1-16-13-34(14-17(2)38-16)26(37)25-19-5-3-7-21(19)35(32-25)15-23(36)33-11-9-18(10-12-33)39-22-8-4-6-20(24(22)28)27(29,30)31/h4,6,8,16-18,26,37H,3,5,7,9-15H2,1-2H3/t16-,17+,26?. The van der Waals surface area contributed by atoms with Gasteiger partial charge in [-0.3, -0.25) is 14.4 Å². The average Bonchev–Trinajstić information content (AvgIpc) is 3.48. The molecule has 2 aliphatic heterocycles. The number of nitrogens with zero attached hydrogens (tertiary/aromatic N) is 4. The number of piperidine rings is 1. The van der Waals surface area contributed by atoms with E-state index in [4.69, 9.17) is 26.2 Å². The number of alkyl halides is 3. The summed E-state index contributed by atoms with van der Waals surface area (Å²) in [6.07, 6.45) is -2.18. The van der Waals surface area contributed by atoms with E-state index < -0.39 is 23.0 Å². The molecule has 1 unspecified atom stereocenters. The van der Waals surface area contributed by atoms with Gasteiger partial charge < -0.3 is 19.5 Å². The van der Waals surface area contributed by atoms with Crippen LogP contribution in [0.5, 0.6) is 5.75 Å². The fraction of sp³-hybridized carbons (Fsp3) is 0.630. The number of ether oxygens (including phenoxy) is 2. The Bertz CT molecular complexity index is 1190. The van der Waals surface area contributed by atoms with E-state index >= 15 is 0 Å². The Balaban J connectivity index is 1.20. The van der Waals surface area contributed by atoms with Crippen LogP contribution in [0.3, 0.4) is 0 Å². The molecule has 2 aromatic rings. The number of likely N-dealkylation sites (tertiary alicyclic amines) is 1. The molecule has 1 aliphatic carbocycles. The maximum Gasteiger partial charge on any atom is 0.417 e. The first-order valence-electron chi connectivity index (χ1n) is 13.5. The molecule has 3 aliphatic rings. The molecule has 1 aromatic carbocycles. The van der Waals surface area contributed by atoms with Crippen molar-refractivity contribution in [3.63, 3.8) is 0 Å². The molecule has 214 valence electrons. The highest BCUT2D eigenvalue weighted by Gasteiger charge is 2.36. The molecule has 5 rings (SSSR count). The molecular formula is C27H34ClF3N4O4. The maximum atomic E-state index is 13.2. The average molecular weight is 571 g/mol. The van der Waals surface area contributed by atoms with E-state index in [2.05, 4.69) is 0 Å². The third-order valence-electron chi connectivity index (χ3n) is 7.72. The van der Waals surface area contributed by atoms with E-state index in [9.17, 15) is 23.1 Å². The molecule has 0 saturated carbocycles. The number of rotatable bonds is 6. The zero-order valence-corrected chi connectivity index (χ0v) is 22.8. The Morgan fingerprint density at radius 1 is 1.21 bits per heavy atom. The second-order valence-electron chi connectivity index (χ2n) is 10.7. The minimum atomic E-state index is -4.56. The molecule has 2 fully saturated rings. The minimum absolute atomic E-state index is 0.00138. The van der Waals surface area contributed by atoms with Crippen molar-refractivity contribution in [1.82, 2.24) is 19.6 Å². The second-order valence-corrected chi connectivity index (χ2v) is 11.1. The molecule has 1 N–H and O–H groups in total. The van der Waals surface area contributed by atoms with Crippen LogP contribution >= 0.6 is 11.6 Å². The largest absolute Gasteiger partial charge is 0.489 e. The van der Waals surface area contributed by atoms with E-state index in [1.54, 1.807) is 9.58 Å². The van der Waals surface area contributed by atoms with Crippen molar-refractivity contribution in [3.8, 4) is 5.75 Å². The van der Waals surface area contributed by atoms with Gasteiger partial charge >= 0.3 is 6.18 Å². The zero-order chi connectivity index (χ0) is 27.9. The first kappa shape index (κ1) is 28.2. The first-order valence-corrected chi connectivity index (χ1v) is 13.8. The van der Waals surface area contributed by atoms with Gasteiger partial charge in [0, 0.05) is 50.3 Å². The van der Waals surface area contributed by atoms with Crippen molar-refractivity contribution < 1.29 is 32.5 Å². The lowest BCUT2D eigenvalue weighted by molar-refractivity contribution is -0.138. The molecule has 0 bridgehead atoms. The van der Waals surface area contributed by atoms with Crippen molar-refractivity contribution in [3.05, 3.63) is 45.7 Å². The number of benzene rings is 1. The van der Waals surface area contributed by atoms with Gasteiger partial charge in [-0.25, -0.2) is 0 Å². The van der Waals surface area contributed by atoms with Crippen molar-refractivity contribution in [2.75, 3.05) is 26.2 Å². The topological polar surface area (TPSA) is 80.1 Å². The summed E-state index contributed by atoms with van der Waals surface area (Å²) in [6.45, 7) is 6.10. The molecule has 0 radical (unpaired) electrons. The molecule has 1 amide bonds. The van der Waals surface area contributed by atoms with Crippen LogP contribution in [0.1, 0.15) is 61.9 Å². The number of morpholine rings is 1. The number of aliphatic hydroxyl groups is 1. The monoisotopic (exact) mass is 570 g/mol. The zero-order valence-electron chi connectivity index (χ0n) is 22.1. The number of aromatic nitrogens is 2. The van der Waals surface area contributed by atoms with E-state index in [0.717, 1.165) is 36.6 Å². The highest BCUT2D eigenvalue weighted by molar-refractivity contribution is 6.32. The van der Waals surface area contributed by atoms with Crippen LogP contribution in [0.2, 0.25) is 5.02 Å². The van der Waals surface area contributed by atoms with Crippen LogP contribution in [0.4, 0.5) is 13.2 Å². The molecule has 12 heteroatoms. The number of carbonyl (C=O) groups is 1. The van der Waals surface area contributed by atoms with Crippen molar-refractivity contribution in [1.29, 1.82) is 0 Å². The highest BCUT2D eigenvalue weighted by Crippen LogP contribution is 2.40. The van der Waals surface area contributed by atoms with Gasteiger partial charge in [-0.15, -0.1) is 0 Å². The molecule has 2 saturated heterocycles. The van der Waals surface area contributed by atoms with Gasteiger partial charge in [0.15, 0.2) is 6.23 Å². The van der Waals surface area contributed by atoms with E-state index in [1.165, 1.54) is 12.1 Å². The number of hydrogen-bond acceptors (Lipinski definition) is 6. The van der Waals surface area contributed by atoms with E-state index in [1.807, 2.05) is 18.7 Å². The lowest BCUT2D eigenvalue weighted by Gasteiger charge is -2.37. The number of fused-ring (bicyclic) bond motifs is 1. The summed E-state index contributed by atoms with van der Waals surface area (Å²) >= 11 is 5.97. The van der Waals surface area contributed by atoms with Crippen molar-refractivity contribution in [2.45, 2.75) is 83.2 Å². The number of carbonyl (C=O) groups excluding carboxylic acids is 1. The summed E-state index contributed by atoms with van der Waals surface area (Å²) in [7, 11) is 0. The summed E-state index contributed by atoms with van der Waals surface area (Å²) in [4.78, 5) is 16.9. The van der Waals surface area contributed by atoms with Gasteiger partial charge in [-0.1, -0.05) is 17.7 Å². The summed E-state index contributed by atoms with van der Waals surface area (Å²) in [5, 5.41) is 15.4. The third kappa shape index (κ3) is 6.06. The van der Waals surface area contributed by atoms with Gasteiger partial charge in [-0.2, -0.15) is 18.3 Å². The smallest absolute Gasteiger partial charge is 0.417 e. The Labute approximate surface area is 230 Å². The van der Waals surface area contributed by atoms with Gasteiger partial charge in [0.05, 0.1) is 22.8 Å². The Morgan fingerprint density at radius 3 is 2.56 bits per heavy atom. The summed E-state index contributed by atoms with van der Waals surface area (Å²) in [5.74, 6) is -0.0871. The lowest BCUT2D eigenvalue weighted by atomic mass is 10.1. The van der Waals surface area contributed by atoms with Gasteiger partial charge in [0.25, 0.3) is 0 Å². The van der Waals surface area contributed by atoms with Gasteiger partial charge in [0.1, 0.15) is 24.1 Å². The Morgan fingerprint density at radius 2 is 1.90 bits per heavy atom. The Kier molecular flexibility index (Phi) is 8.15. The van der Waals surface area contributed by atoms with Crippen LogP contribution in [0.15, 0.2) is 18.2 Å². The Hall–Kier alpha value is -2.34. The number of amides is 1. The van der Waals surface area contributed by atoms with Crippen LogP contribution in [0, 0.1) is 0 Å². The highest BCUT2D eigenvalue weighted by atomic mass is 35.5. The van der Waals surface area contributed by atoms with Crippen LogP contribution in [-0.4, -0.2) is 75.1 Å². The molecule has 3 heterocycles. The predicted molar refractivity (Wildman–Crippen MR) is 137 cm³/mol. The SMILES string of the molecule is C[C@@H]1CN(C(O)c2nn(CC(=O)N3CCC(Oc4cccc(C(F)(F)F)c4Cl)CC3)c3c2CCC3)C[C@H](C)O1. The maximum absolute atomic E-state index is 13.2. The molecule has 0 spiro atoms. The second kappa shape index (κ2) is 11.3. The molecule has 8 nitrogen and oxygen atoms in total. The molecule has 1 aromatic heterocycles.